The van der Waals surface area contributed by atoms with Gasteiger partial charge >= 0.3 is 0 Å². The first-order chi connectivity index (χ1) is 6.42. The molecule has 0 radical (unpaired) electrons. The summed E-state index contributed by atoms with van der Waals surface area (Å²) >= 11 is 0. The van der Waals surface area contributed by atoms with Crippen molar-refractivity contribution in [3.63, 3.8) is 0 Å². The van der Waals surface area contributed by atoms with Crippen LogP contribution in [0.25, 0.3) is 0 Å². The molecule has 0 aliphatic carbocycles. The van der Waals surface area contributed by atoms with Crippen molar-refractivity contribution in [2.75, 3.05) is 46.5 Å². The summed E-state index contributed by atoms with van der Waals surface area (Å²) in [6.45, 7) is 5.84. The van der Waals surface area contributed by atoms with Crippen LogP contribution in [-0.4, -0.2) is 63.5 Å². The fourth-order valence-corrected chi connectivity index (χ4v) is 2.15. The summed E-state index contributed by atoms with van der Waals surface area (Å²) in [7, 11) is 1.75. The standard InChI is InChI=1S/C9H18N2O2/c1-12-4-2-11-3-5-13-9-7-10-6-8(9)11/h8-10H,2-7H2,1H3/t8-,9+/m0/s1. The highest BCUT2D eigenvalue weighted by atomic mass is 16.5. The molecular weight excluding hydrogens is 168 g/mol. The lowest BCUT2D eigenvalue weighted by Gasteiger charge is -2.36. The first-order valence-corrected chi connectivity index (χ1v) is 4.97. The van der Waals surface area contributed by atoms with Crippen LogP contribution in [0.5, 0.6) is 0 Å². The molecule has 2 rings (SSSR count). The SMILES string of the molecule is COCCN1CCO[C@@H]2CNC[C@@H]21. The molecule has 0 aromatic rings. The Balaban J connectivity index is 1.86. The minimum absolute atomic E-state index is 0.408. The summed E-state index contributed by atoms with van der Waals surface area (Å²) in [6.07, 6.45) is 0.408. The monoisotopic (exact) mass is 186 g/mol. The average Bonchev–Trinajstić information content (AvgIpc) is 2.62. The molecule has 2 fully saturated rings. The van der Waals surface area contributed by atoms with Gasteiger partial charge in [0.1, 0.15) is 0 Å². The molecule has 2 saturated heterocycles. The molecule has 4 heteroatoms. The molecule has 2 aliphatic rings. The molecule has 4 nitrogen and oxygen atoms in total. The highest BCUT2D eigenvalue weighted by Gasteiger charge is 2.35. The van der Waals surface area contributed by atoms with Gasteiger partial charge in [0.05, 0.1) is 19.3 Å². The molecule has 0 aromatic heterocycles. The Labute approximate surface area is 79.2 Å². The second-order valence-electron chi connectivity index (χ2n) is 3.66. The minimum atomic E-state index is 0.408. The van der Waals surface area contributed by atoms with Crippen molar-refractivity contribution in [3.8, 4) is 0 Å². The summed E-state index contributed by atoms with van der Waals surface area (Å²) < 4.78 is 10.8. The van der Waals surface area contributed by atoms with Crippen molar-refractivity contribution in [2.24, 2.45) is 0 Å². The molecule has 76 valence electrons. The number of nitrogens with zero attached hydrogens (tertiary/aromatic N) is 1. The number of nitrogens with one attached hydrogen (secondary N) is 1. The Morgan fingerprint density at radius 2 is 2.46 bits per heavy atom. The van der Waals surface area contributed by atoms with E-state index in [0.717, 1.165) is 39.4 Å². The van der Waals surface area contributed by atoms with Crippen LogP contribution < -0.4 is 5.32 Å². The quantitative estimate of drug-likeness (QED) is 0.632. The topological polar surface area (TPSA) is 33.7 Å². The van der Waals surface area contributed by atoms with E-state index in [-0.39, 0.29) is 0 Å². The van der Waals surface area contributed by atoms with Gasteiger partial charge in [0.15, 0.2) is 0 Å². The van der Waals surface area contributed by atoms with E-state index in [4.69, 9.17) is 9.47 Å². The number of hydrogen-bond donors (Lipinski definition) is 1. The second kappa shape index (κ2) is 4.37. The summed E-state index contributed by atoms with van der Waals surface area (Å²) in [4.78, 5) is 2.47. The maximum atomic E-state index is 5.67. The van der Waals surface area contributed by atoms with Gasteiger partial charge in [0, 0.05) is 39.3 Å². The largest absolute Gasteiger partial charge is 0.383 e. The number of morpholine rings is 1. The molecule has 0 spiro atoms. The fourth-order valence-electron chi connectivity index (χ4n) is 2.15. The van der Waals surface area contributed by atoms with Crippen LogP contribution in [0.4, 0.5) is 0 Å². The Bertz CT molecular complexity index is 166. The predicted molar refractivity (Wildman–Crippen MR) is 49.8 cm³/mol. The molecule has 2 atom stereocenters. The molecule has 0 saturated carbocycles. The van der Waals surface area contributed by atoms with E-state index in [1.165, 1.54) is 0 Å². The van der Waals surface area contributed by atoms with Gasteiger partial charge in [0.25, 0.3) is 0 Å². The molecule has 0 bridgehead atoms. The van der Waals surface area contributed by atoms with Crippen molar-refractivity contribution in [1.29, 1.82) is 0 Å². The molecule has 0 amide bonds. The maximum absolute atomic E-state index is 5.67. The summed E-state index contributed by atoms with van der Waals surface area (Å²) in [5.74, 6) is 0. The predicted octanol–water partition coefficient (Wildman–Crippen LogP) is -0.695. The van der Waals surface area contributed by atoms with Gasteiger partial charge in [-0.3, -0.25) is 4.90 Å². The smallest absolute Gasteiger partial charge is 0.0867 e. The Hall–Kier alpha value is -0.160. The highest BCUT2D eigenvalue weighted by molar-refractivity contribution is 4.92. The molecule has 2 heterocycles. The lowest BCUT2D eigenvalue weighted by Crippen LogP contribution is -2.51. The zero-order valence-electron chi connectivity index (χ0n) is 8.16. The second-order valence-corrected chi connectivity index (χ2v) is 3.66. The lowest BCUT2D eigenvalue weighted by atomic mass is 10.1. The molecule has 2 aliphatic heterocycles. The minimum Gasteiger partial charge on any atom is -0.383 e. The third-order valence-corrected chi connectivity index (χ3v) is 2.89. The van der Waals surface area contributed by atoms with Crippen molar-refractivity contribution >= 4 is 0 Å². The van der Waals surface area contributed by atoms with E-state index < -0.39 is 0 Å². The van der Waals surface area contributed by atoms with E-state index >= 15 is 0 Å². The summed E-state index contributed by atoms with van der Waals surface area (Å²) in [5.41, 5.74) is 0. The van der Waals surface area contributed by atoms with Gasteiger partial charge in [0.2, 0.25) is 0 Å². The van der Waals surface area contributed by atoms with Crippen molar-refractivity contribution in [2.45, 2.75) is 12.1 Å². The van der Waals surface area contributed by atoms with E-state index in [9.17, 15) is 0 Å². The Morgan fingerprint density at radius 1 is 1.54 bits per heavy atom. The first kappa shape index (κ1) is 9.40. The van der Waals surface area contributed by atoms with Crippen molar-refractivity contribution in [1.82, 2.24) is 10.2 Å². The van der Waals surface area contributed by atoms with Gasteiger partial charge < -0.3 is 14.8 Å². The number of methoxy groups -OCH3 is 1. The molecule has 0 unspecified atom stereocenters. The van der Waals surface area contributed by atoms with Crippen LogP contribution in [-0.2, 0) is 9.47 Å². The lowest BCUT2D eigenvalue weighted by molar-refractivity contribution is -0.0523. The number of hydrogen-bond acceptors (Lipinski definition) is 4. The van der Waals surface area contributed by atoms with Gasteiger partial charge in [-0.05, 0) is 0 Å². The number of ether oxygens (including phenoxy) is 2. The van der Waals surface area contributed by atoms with Gasteiger partial charge in [-0.15, -0.1) is 0 Å². The number of fused-ring (bicyclic) bond motifs is 1. The summed E-state index contributed by atoms with van der Waals surface area (Å²) in [5, 5.41) is 3.36. The van der Waals surface area contributed by atoms with Crippen molar-refractivity contribution < 1.29 is 9.47 Å². The maximum Gasteiger partial charge on any atom is 0.0867 e. The van der Waals surface area contributed by atoms with E-state index in [1.807, 2.05) is 0 Å². The van der Waals surface area contributed by atoms with E-state index in [2.05, 4.69) is 10.2 Å². The normalized spacial score (nSPS) is 34.8. The van der Waals surface area contributed by atoms with Crippen LogP contribution in [0.15, 0.2) is 0 Å². The zero-order valence-corrected chi connectivity index (χ0v) is 8.16. The Kier molecular flexibility index (Phi) is 3.16. The highest BCUT2D eigenvalue weighted by Crippen LogP contribution is 2.16. The van der Waals surface area contributed by atoms with Gasteiger partial charge in [-0.1, -0.05) is 0 Å². The third kappa shape index (κ3) is 2.02. The van der Waals surface area contributed by atoms with Crippen LogP contribution >= 0.6 is 0 Å². The van der Waals surface area contributed by atoms with Crippen LogP contribution in [0.1, 0.15) is 0 Å². The van der Waals surface area contributed by atoms with Crippen molar-refractivity contribution in [3.05, 3.63) is 0 Å². The van der Waals surface area contributed by atoms with Crippen LogP contribution in [0.2, 0.25) is 0 Å². The molecule has 0 aromatic carbocycles. The molecule has 1 N–H and O–H groups in total. The van der Waals surface area contributed by atoms with Crippen LogP contribution in [0, 0.1) is 0 Å². The van der Waals surface area contributed by atoms with Gasteiger partial charge in [-0.2, -0.15) is 0 Å². The van der Waals surface area contributed by atoms with E-state index in [1.54, 1.807) is 7.11 Å². The molecular formula is C9H18N2O2. The fraction of sp³-hybridized carbons (Fsp3) is 1.00. The van der Waals surface area contributed by atoms with Crippen LogP contribution in [0.3, 0.4) is 0 Å². The molecule has 13 heavy (non-hydrogen) atoms. The zero-order chi connectivity index (χ0) is 9.10. The summed E-state index contributed by atoms with van der Waals surface area (Å²) in [6, 6.07) is 0.573. The third-order valence-electron chi connectivity index (χ3n) is 2.89. The van der Waals surface area contributed by atoms with E-state index in [0.29, 0.717) is 12.1 Å². The average molecular weight is 186 g/mol. The number of rotatable bonds is 3. The van der Waals surface area contributed by atoms with Gasteiger partial charge in [-0.25, -0.2) is 0 Å². The Morgan fingerprint density at radius 3 is 3.31 bits per heavy atom. The first-order valence-electron chi connectivity index (χ1n) is 4.97.